The fourth-order valence-electron chi connectivity index (χ4n) is 3.21. The minimum absolute atomic E-state index is 0.127. The number of anilines is 1. The van der Waals surface area contributed by atoms with Gasteiger partial charge in [-0.3, -0.25) is 0 Å². The molecule has 0 aromatic heterocycles. The van der Waals surface area contributed by atoms with Gasteiger partial charge < -0.3 is 9.64 Å². The van der Waals surface area contributed by atoms with E-state index in [1.165, 1.54) is 12.1 Å². The number of carbonyl (C=O) groups is 1. The van der Waals surface area contributed by atoms with E-state index >= 15 is 0 Å². The molecule has 0 amide bonds. The summed E-state index contributed by atoms with van der Waals surface area (Å²) in [5.74, 6) is -0.422. The first-order valence-electron chi connectivity index (χ1n) is 7.85. The van der Waals surface area contributed by atoms with Gasteiger partial charge >= 0.3 is 5.97 Å². The van der Waals surface area contributed by atoms with Crippen LogP contribution in [0.25, 0.3) is 0 Å². The molecule has 0 saturated carbocycles. The van der Waals surface area contributed by atoms with Crippen molar-refractivity contribution in [3.05, 3.63) is 53.1 Å². The first-order valence-corrected chi connectivity index (χ1v) is 9.71. The van der Waals surface area contributed by atoms with E-state index in [0.29, 0.717) is 16.3 Å². The first-order chi connectivity index (χ1) is 11.9. The highest BCUT2D eigenvalue weighted by atomic mass is 35.5. The molecule has 0 aliphatic carbocycles. The summed E-state index contributed by atoms with van der Waals surface area (Å²) in [7, 11) is -3.63. The van der Waals surface area contributed by atoms with E-state index in [0.717, 1.165) is 19.4 Å². The molecule has 0 bridgehead atoms. The van der Waals surface area contributed by atoms with Gasteiger partial charge in [-0.1, -0.05) is 17.7 Å². The van der Waals surface area contributed by atoms with Crippen LogP contribution in [-0.2, 0) is 10.0 Å². The highest BCUT2D eigenvalue weighted by Gasteiger charge is 2.37. The number of nitrogens with zero attached hydrogens (tertiary/aromatic N) is 1. The quantitative estimate of drug-likeness (QED) is 0.642. The molecule has 130 valence electrons. The summed E-state index contributed by atoms with van der Waals surface area (Å²) in [6, 6.07) is 11.1. The Morgan fingerprint density at radius 1 is 1.24 bits per heavy atom. The molecule has 6 nitrogen and oxygen atoms in total. The third-order valence-electron chi connectivity index (χ3n) is 4.35. The lowest BCUT2D eigenvalue weighted by molar-refractivity contribution is 0.0734. The number of esters is 1. The van der Waals surface area contributed by atoms with Crippen LogP contribution in [-0.4, -0.2) is 27.1 Å². The number of hydrogen-bond donors (Lipinski definition) is 1. The van der Waals surface area contributed by atoms with Gasteiger partial charge in [0.2, 0.25) is 10.0 Å². The lowest BCUT2D eigenvalue weighted by atomic mass is 10.2. The van der Waals surface area contributed by atoms with E-state index in [4.69, 9.17) is 16.3 Å². The number of benzene rings is 2. The third kappa shape index (κ3) is 2.99. The highest BCUT2D eigenvalue weighted by molar-refractivity contribution is 7.89. The lowest BCUT2D eigenvalue weighted by Gasteiger charge is -2.33. The van der Waals surface area contributed by atoms with Crippen molar-refractivity contribution in [3.63, 3.8) is 0 Å². The van der Waals surface area contributed by atoms with Crippen molar-refractivity contribution in [3.8, 4) is 5.75 Å². The predicted molar refractivity (Wildman–Crippen MR) is 93.5 cm³/mol. The molecule has 2 aromatic rings. The average molecular weight is 379 g/mol. The molecule has 25 heavy (non-hydrogen) atoms. The number of carbonyl (C=O) groups excluding carboxylic acids is 1. The van der Waals surface area contributed by atoms with Gasteiger partial charge in [0.1, 0.15) is 10.6 Å². The Bertz CT molecular complexity index is 961. The van der Waals surface area contributed by atoms with Crippen LogP contribution in [0.4, 0.5) is 5.69 Å². The van der Waals surface area contributed by atoms with E-state index in [2.05, 4.69) is 4.72 Å². The maximum absolute atomic E-state index is 12.5. The van der Waals surface area contributed by atoms with E-state index in [1.54, 1.807) is 30.3 Å². The van der Waals surface area contributed by atoms with Crippen molar-refractivity contribution in [2.24, 2.45) is 0 Å². The molecule has 1 unspecified atom stereocenters. The fraction of sp³-hybridized carbons (Fsp3) is 0.235. The first kappa shape index (κ1) is 16.4. The van der Waals surface area contributed by atoms with E-state index < -0.39 is 16.0 Å². The zero-order valence-corrected chi connectivity index (χ0v) is 14.7. The zero-order chi connectivity index (χ0) is 17.6. The van der Waals surface area contributed by atoms with Crippen molar-refractivity contribution in [2.75, 3.05) is 11.4 Å². The van der Waals surface area contributed by atoms with Crippen LogP contribution in [0.2, 0.25) is 5.02 Å². The summed E-state index contributed by atoms with van der Waals surface area (Å²) in [5.41, 5.74) is 0.939. The molecule has 0 radical (unpaired) electrons. The zero-order valence-electron chi connectivity index (χ0n) is 13.1. The second-order valence-corrected chi connectivity index (χ2v) is 8.12. The molecule has 1 N–H and O–H groups in total. The number of sulfonamides is 1. The van der Waals surface area contributed by atoms with E-state index in [1.807, 2.05) is 4.90 Å². The van der Waals surface area contributed by atoms with Crippen molar-refractivity contribution >= 4 is 33.3 Å². The average Bonchev–Trinajstić information content (AvgIpc) is 3.02. The minimum Gasteiger partial charge on any atom is -0.423 e. The van der Waals surface area contributed by atoms with Crippen molar-refractivity contribution in [2.45, 2.75) is 23.9 Å². The molecule has 8 heteroatoms. The molecule has 2 aliphatic heterocycles. The molecule has 1 atom stereocenters. The molecular weight excluding hydrogens is 364 g/mol. The topological polar surface area (TPSA) is 75.7 Å². The van der Waals surface area contributed by atoms with Gasteiger partial charge in [-0.2, -0.15) is 4.72 Å². The van der Waals surface area contributed by atoms with Crippen LogP contribution in [0.15, 0.2) is 47.4 Å². The van der Waals surface area contributed by atoms with Crippen molar-refractivity contribution in [1.29, 1.82) is 0 Å². The number of fused-ring (bicyclic) bond motifs is 3. The van der Waals surface area contributed by atoms with Crippen LogP contribution >= 0.6 is 11.6 Å². The molecular formula is C17H15ClN2O4S. The normalized spacial score (nSPS) is 20.7. The second-order valence-electron chi connectivity index (χ2n) is 6.00. The Morgan fingerprint density at radius 3 is 2.88 bits per heavy atom. The van der Waals surface area contributed by atoms with Crippen LogP contribution in [0.1, 0.15) is 23.2 Å². The molecule has 1 fully saturated rings. The van der Waals surface area contributed by atoms with Crippen molar-refractivity contribution < 1.29 is 17.9 Å². The molecule has 2 aromatic carbocycles. The van der Waals surface area contributed by atoms with Gasteiger partial charge in [0.15, 0.2) is 0 Å². The summed E-state index contributed by atoms with van der Waals surface area (Å²) in [6.07, 6.45) is 1.51. The summed E-state index contributed by atoms with van der Waals surface area (Å²) in [4.78, 5) is 14.4. The number of rotatable bonds is 2. The Kier molecular flexibility index (Phi) is 3.94. The van der Waals surface area contributed by atoms with E-state index in [-0.39, 0.29) is 16.8 Å². The maximum Gasteiger partial charge on any atom is 0.343 e. The summed E-state index contributed by atoms with van der Waals surface area (Å²) >= 11 is 5.87. The van der Waals surface area contributed by atoms with Gasteiger partial charge in [-0.25, -0.2) is 13.2 Å². The standard InChI is InChI=1S/C17H15ClN2O4S/c18-12-4-1-3-11(9-12)17(21)24-13-6-7-14-15(10-13)25(22,23)19-16-5-2-8-20(14)16/h1,3-4,6-7,9-10,16,19H,2,5,8H2. The number of halogens is 1. The number of ether oxygens (including phenoxy) is 1. The molecule has 2 heterocycles. The Hall–Kier alpha value is -2.09. The molecule has 0 spiro atoms. The number of hydrogen-bond acceptors (Lipinski definition) is 5. The van der Waals surface area contributed by atoms with Gasteiger partial charge in [-0.05, 0) is 43.2 Å². The third-order valence-corrected chi connectivity index (χ3v) is 6.07. The van der Waals surface area contributed by atoms with Gasteiger partial charge in [-0.15, -0.1) is 0 Å². The Balaban J connectivity index is 1.66. The summed E-state index contributed by atoms with van der Waals surface area (Å²) < 4.78 is 32.9. The van der Waals surface area contributed by atoms with Gasteiger partial charge in [0.05, 0.1) is 17.4 Å². The van der Waals surface area contributed by atoms with E-state index in [9.17, 15) is 13.2 Å². The maximum atomic E-state index is 12.5. The fourth-order valence-corrected chi connectivity index (χ4v) is 4.86. The summed E-state index contributed by atoms with van der Waals surface area (Å²) in [6.45, 7) is 0.793. The molecule has 4 rings (SSSR count). The lowest BCUT2D eigenvalue weighted by Crippen LogP contribution is -2.48. The second kappa shape index (κ2) is 6.01. The Labute approximate surface area is 150 Å². The van der Waals surface area contributed by atoms with Gasteiger partial charge in [0.25, 0.3) is 0 Å². The van der Waals surface area contributed by atoms with Crippen molar-refractivity contribution in [1.82, 2.24) is 4.72 Å². The summed E-state index contributed by atoms with van der Waals surface area (Å²) in [5, 5.41) is 0.423. The monoisotopic (exact) mass is 378 g/mol. The Morgan fingerprint density at radius 2 is 2.08 bits per heavy atom. The largest absolute Gasteiger partial charge is 0.423 e. The SMILES string of the molecule is O=C(Oc1ccc2c(c1)S(=O)(=O)NC1CCCN21)c1cccc(Cl)c1. The molecule has 2 aliphatic rings. The number of nitrogens with one attached hydrogen (secondary N) is 1. The van der Waals surface area contributed by atoms with Gasteiger partial charge in [0, 0.05) is 17.6 Å². The van der Waals surface area contributed by atoms with Crippen LogP contribution in [0.5, 0.6) is 5.75 Å². The van der Waals surface area contributed by atoms with Crippen LogP contribution in [0.3, 0.4) is 0 Å². The smallest absolute Gasteiger partial charge is 0.343 e. The minimum atomic E-state index is -3.63. The predicted octanol–water partition coefficient (Wildman–Crippen LogP) is 2.78. The molecule has 1 saturated heterocycles. The van der Waals surface area contributed by atoms with Crippen LogP contribution in [0, 0.1) is 0 Å². The highest BCUT2D eigenvalue weighted by Crippen LogP contribution is 2.37. The van der Waals surface area contributed by atoms with Crippen LogP contribution < -0.4 is 14.4 Å².